The number of nitrogens with zero attached hydrogens (tertiary/aromatic N) is 2. The van der Waals surface area contributed by atoms with E-state index in [9.17, 15) is 43.8 Å². The van der Waals surface area contributed by atoms with Crippen LogP contribution in [-0.2, 0) is 52.4 Å². The van der Waals surface area contributed by atoms with Gasteiger partial charge in [0, 0.05) is 86.1 Å². The number of Topliss-reactive ketones (excluding diaryl/α,β-unsaturated/α-hetero) is 2. The fourth-order valence-electron chi connectivity index (χ4n) is 13.3. The highest BCUT2D eigenvalue weighted by Crippen LogP contribution is 2.48. The number of benzene rings is 4. The summed E-state index contributed by atoms with van der Waals surface area (Å²) >= 11 is 0. The number of aliphatic carboxylic acids is 3. The molecule has 0 saturated heterocycles. The molecule has 0 radical (unpaired) electrons. The van der Waals surface area contributed by atoms with E-state index in [1.807, 2.05) is 54.6 Å². The van der Waals surface area contributed by atoms with Crippen LogP contribution in [0.25, 0.3) is 0 Å². The van der Waals surface area contributed by atoms with E-state index in [0.717, 1.165) is 125 Å². The number of rotatable bonds is 40. The van der Waals surface area contributed by atoms with Crippen LogP contribution in [0.3, 0.4) is 0 Å². The molecule has 16 nitrogen and oxygen atoms in total. The largest absolute Gasteiger partial charge is 0.481 e. The summed E-state index contributed by atoms with van der Waals surface area (Å²) in [5, 5.41) is 36.6. The Balaban J connectivity index is 1.00. The van der Waals surface area contributed by atoms with Crippen molar-refractivity contribution in [3.8, 4) is 5.75 Å². The van der Waals surface area contributed by atoms with Gasteiger partial charge in [-0.15, -0.1) is 0 Å². The molecule has 6 N–H and O–H groups in total. The number of hydrogen-bond donors (Lipinski definition) is 6. The third-order valence-electron chi connectivity index (χ3n) is 18.6. The molecule has 0 unspecified atom stereocenters. The van der Waals surface area contributed by atoms with Crippen molar-refractivity contribution < 1.29 is 58.2 Å². The number of anilines is 1. The van der Waals surface area contributed by atoms with Gasteiger partial charge in [0.15, 0.2) is 11.5 Å². The SMILES string of the molecule is CCCCCN1/C(=C/C=C2\CCCC(/C=C/C3=[N+](CCCCC)c4ccccc4C3(C)C)=C2Oc2ccc(C[C@H](CC(=O)[C@H](Cc3ccccc3)NC(=O)CCCCCCCCC(=O)CC[C@H](NC(=O)NCCCC(=O)O)C(=O)O)C(=O)O)cc2)C(C)(C)c2ccccc21. The highest BCUT2D eigenvalue weighted by atomic mass is 16.5. The number of nitrogens with one attached hydrogen (secondary N) is 3. The average Bonchev–Trinajstić information content (AvgIpc) is 1.60. The van der Waals surface area contributed by atoms with Crippen LogP contribution in [0.4, 0.5) is 16.2 Å². The van der Waals surface area contributed by atoms with Crippen LogP contribution >= 0.6 is 0 Å². The number of carbonyl (C=O) groups excluding carboxylic acids is 4. The summed E-state index contributed by atoms with van der Waals surface area (Å²) in [6.45, 7) is 15.7. The van der Waals surface area contributed by atoms with Crippen LogP contribution in [0, 0.1) is 5.92 Å². The van der Waals surface area contributed by atoms with Crippen molar-refractivity contribution in [3.05, 3.63) is 172 Å². The third-order valence-corrected chi connectivity index (χ3v) is 18.6. The lowest BCUT2D eigenvalue weighted by molar-refractivity contribution is -0.438. The number of ketones is 2. The van der Waals surface area contributed by atoms with E-state index in [0.29, 0.717) is 18.6 Å². The van der Waals surface area contributed by atoms with E-state index >= 15 is 0 Å². The van der Waals surface area contributed by atoms with E-state index in [-0.39, 0.29) is 92.6 Å². The van der Waals surface area contributed by atoms with Gasteiger partial charge < -0.3 is 40.9 Å². The van der Waals surface area contributed by atoms with E-state index in [1.54, 1.807) is 0 Å². The summed E-state index contributed by atoms with van der Waals surface area (Å²) in [5.41, 5.74) is 11.1. The van der Waals surface area contributed by atoms with Gasteiger partial charge in [0.05, 0.1) is 17.4 Å². The van der Waals surface area contributed by atoms with Crippen LogP contribution in [0.1, 0.15) is 205 Å². The predicted molar refractivity (Wildman–Crippen MR) is 371 cm³/mol. The molecule has 0 aromatic heterocycles. The average molecular weight is 1290 g/mol. The summed E-state index contributed by atoms with van der Waals surface area (Å²) in [6, 6.07) is 31.6. The summed E-state index contributed by atoms with van der Waals surface area (Å²) in [5.74, 6) is -3.73. The molecule has 504 valence electrons. The number of hydrogen-bond acceptors (Lipinski definition) is 9. The van der Waals surface area contributed by atoms with Crippen LogP contribution in [0.15, 0.2) is 150 Å². The van der Waals surface area contributed by atoms with Gasteiger partial charge in [-0.1, -0.05) is 158 Å². The van der Waals surface area contributed by atoms with Gasteiger partial charge in [0.2, 0.25) is 11.6 Å². The van der Waals surface area contributed by atoms with E-state index in [1.165, 1.54) is 33.9 Å². The second-order valence-corrected chi connectivity index (χ2v) is 26.6. The fourth-order valence-corrected chi connectivity index (χ4v) is 13.3. The molecule has 4 aromatic rings. The van der Waals surface area contributed by atoms with Gasteiger partial charge in [0.1, 0.15) is 29.9 Å². The number of unbranched alkanes of at least 4 members (excludes halogenated alkanes) is 9. The lowest BCUT2D eigenvalue weighted by atomic mass is 9.81. The lowest BCUT2D eigenvalue weighted by Gasteiger charge is -2.27. The van der Waals surface area contributed by atoms with Gasteiger partial charge in [-0.05, 0) is 143 Å². The Bertz CT molecular complexity index is 3410. The maximum absolute atomic E-state index is 14.3. The van der Waals surface area contributed by atoms with Crippen molar-refractivity contribution in [3.63, 3.8) is 0 Å². The minimum Gasteiger partial charge on any atom is -0.481 e. The fraction of sp³-hybridized carbons (Fsp3) is 0.487. The number of carbonyl (C=O) groups is 7. The minimum absolute atomic E-state index is 0.0137. The normalized spacial score (nSPS) is 16.6. The van der Waals surface area contributed by atoms with Crippen LogP contribution < -0.4 is 25.6 Å². The van der Waals surface area contributed by atoms with Gasteiger partial charge in [-0.3, -0.25) is 24.0 Å². The maximum atomic E-state index is 14.3. The molecule has 4 aromatic carbocycles. The Morgan fingerprint density at radius 2 is 1.28 bits per heavy atom. The molecule has 94 heavy (non-hydrogen) atoms. The number of urea groups is 1. The van der Waals surface area contributed by atoms with Crippen molar-refractivity contribution >= 4 is 58.5 Å². The number of fused-ring (bicyclic) bond motifs is 2. The molecule has 1 aliphatic carbocycles. The van der Waals surface area contributed by atoms with Gasteiger partial charge in [-0.2, -0.15) is 4.58 Å². The van der Waals surface area contributed by atoms with Crippen molar-refractivity contribution in [2.75, 3.05) is 24.5 Å². The molecule has 0 spiro atoms. The zero-order chi connectivity index (χ0) is 67.6. The standard InChI is InChI=1S/C78H101N5O11/c1-7-9-24-50-82-66-35-22-20-33-62(66)77(3,4)69(82)47-41-57-30-26-31-58(42-48-70-78(5,6)63-34-21-23-36-67(63)83(70)51-25-10-8-2)73(57)94-61-44-39-56(40-45-61)52-59(74(89)90)54-68(85)65(53-55-28-16-15-17-29-55)80-71(86)37-19-14-12-11-13-18-32-60(84)43-46-64(75(91)92)81-76(93)79-49-27-38-72(87)88/h15-17,20-23,28-29,33-36,39-42,44-45,47-48,59,64-65H,7-14,18-19,24-27,30-32,37-38,43,46,49-54H2,1-6H3,(H5-,79,80,81,86,87,88,89,90,91,92,93)/p+1/t59-,64+,65+/m1/s1. The quantitative estimate of drug-likeness (QED) is 0.0180. The Labute approximate surface area is 557 Å². The Morgan fingerprint density at radius 1 is 0.617 bits per heavy atom. The first-order valence-corrected chi connectivity index (χ1v) is 34.5. The Kier molecular flexibility index (Phi) is 28.2. The molecule has 3 aliphatic rings. The zero-order valence-electron chi connectivity index (χ0n) is 56.5. The van der Waals surface area contributed by atoms with Crippen LogP contribution in [-0.4, -0.2) is 98.7 Å². The number of carboxylic acids is 3. The molecule has 2 aliphatic heterocycles. The summed E-state index contributed by atoms with van der Waals surface area (Å²) in [6.07, 6.45) is 23.5. The first-order chi connectivity index (χ1) is 45.2. The molecule has 0 saturated carbocycles. The number of para-hydroxylation sites is 2. The Morgan fingerprint density at radius 3 is 1.98 bits per heavy atom. The molecule has 0 bridgehead atoms. The molecular weight excluding hydrogens is 1180 g/mol. The minimum atomic E-state index is -1.27. The monoisotopic (exact) mass is 1280 g/mol. The molecule has 2 heterocycles. The molecule has 0 fully saturated rings. The van der Waals surface area contributed by atoms with E-state index < -0.39 is 41.9 Å². The topological polar surface area (TPSA) is 232 Å². The molecule has 3 amide bonds. The number of amides is 3. The first kappa shape index (κ1) is 73.0. The molecule has 7 rings (SSSR count). The van der Waals surface area contributed by atoms with Crippen molar-refractivity contribution in [1.82, 2.24) is 16.0 Å². The van der Waals surface area contributed by atoms with Crippen LogP contribution in [0.5, 0.6) is 5.75 Å². The van der Waals surface area contributed by atoms with Crippen LogP contribution in [0.2, 0.25) is 0 Å². The summed E-state index contributed by atoms with van der Waals surface area (Å²) < 4.78 is 9.61. The highest BCUT2D eigenvalue weighted by molar-refractivity contribution is 6.03. The molecule has 3 atom stereocenters. The molecule has 16 heteroatoms. The van der Waals surface area contributed by atoms with Crippen molar-refractivity contribution in [2.45, 2.75) is 219 Å². The van der Waals surface area contributed by atoms with Gasteiger partial charge in [0.25, 0.3) is 0 Å². The zero-order valence-corrected chi connectivity index (χ0v) is 56.5. The lowest BCUT2D eigenvalue weighted by Crippen LogP contribution is -2.46. The molecular formula is C78H102N5O11+. The number of allylic oxidation sites excluding steroid dienone is 7. The Hall–Kier alpha value is -8.40. The second-order valence-electron chi connectivity index (χ2n) is 26.6. The smallest absolute Gasteiger partial charge is 0.326 e. The highest BCUT2D eigenvalue weighted by Gasteiger charge is 2.44. The van der Waals surface area contributed by atoms with Crippen molar-refractivity contribution in [1.29, 1.82) is 0 Å². The van der Waals surface area contributed by atoms with E-state index in [2.05, 4.69) is 140 Å². The van der Waals surface area contributed by atoms with E-state index in [4.69, 9.17) is 9.84 Å². The third kappa shape index (κ3) is 21.1. The van der Waals surface area contributed by atoms with Gasteiger partial charge >= 0.3 is 23.9 Å². The first-order valence-electron chi connectivity index (χ1n) is 34.5. The number of carboxylic acid groups (broad SMARTS) is 3. The van der Waals surface area contributed by atoms with Crippen molar-refractivity contribution in [2.24, 2.45) is 5.92 Å². The summed E-state index contributed by atoms with van der Waals surface area (Å²) in [7, 11) is 0. The second kappa shape index (κ2) is 36.3. The predicted octanol–water partition coefficient (Wildman–Crippen LogP) is 15.1. The number of ether oxygens (including phenoxy) is 1. The summed E-state index contributed by atoms with van der Waals surface area (Å²) in [4.78, 5) is 90.3. The maximum Gasteiger partial charge on any atom is 0.326 e. The van der Waals surface area contributed by atoms with Gasteiger partial charge in [-0.25, -0.2) is 9.59 Å².